The van der Waals surface area contributed by atoms with Crippen molar-refractivity contribution in [3.8, 4) is 0 Å². The summed E-state index contributed by atoms with van der Waals surface area (Å²) in [7, 11) is 0. The van der Waals surface area contributed by atoms with Crippen LogP contribution >= 0.6 is 0 Å². The van der Waals surface area contributed by atoms with E-state index in [1.54, 1.807) is 12.1 Å². The molecule has 0 saturated heterocycles. The van der Waals surface area contributed by atoms with E-state index in [-0.39, 0.29) is 13.2 Å². The number of hydrogen-bond acceptors (Lipinski definition) is 6. The summed E-state index contributed by atoms with van der Waals surface area (Å²) >= 11 is 0. The average molecular weight is 304 g/mol. The van der Waals surface area contributed by atoms with Gasteiger partial charge in [0.05, 0.1) is 13.1 Å². The lowest BCUT2D eigenvalue weighted by Gasteiger charge is -2.24. The highest BCUT2D eigenvalue weighted by Gasteiger charge is 2.08. The molecule has 118 valence electrons. The smallest absolute Gasteiger partial charge is 0.330 e. The van der Waals surface area contributed by atoms with Gasteiger partial charge in [-0.15, -0.1) is 0 Å². The molecule has 0 aliphatic heterocycles. The third-order valence-electron chi connectivity index (χ3n) is 2.80. The number of rotatable bonds is 9. The Kier molecular flexibility index (Phi) is 7.25. The van der Waals surface area contributed by atoms with Crippen molar-refractivity contribution < 1.29 is 19.1 Å². The quantitative estimate of drug-likeness (QED) is 0.423. The van der Waals surface area contributed by atoms with Crippen molar-refractivity contribution in [2.24, 2.45) is 0 Å². The van der Waals surface area contributed by atoms with Crippen LogP contribution in [0.4, 0.5) is 11.4 Å². The number of nitrogens with zero attached hydrogens (tertiary/aromatic N) is 1. The summed E-state index contributed by atoms with van der Waals surface area (Å²) in [6.45, 7) is 7.98. The number of benzene rings is 1. The Balaban J connectivity index is 2.61. The van der Waals surface area contributed by atoms with Gasteiger partial charge in [0.2, 0.25) is 0 Å². The van der Waals surface area contributed by atoms with Crippen LogP contribution in [0.3, 0.4) is 0 Å². The van der Waals surface area contributed by atoms with Crippen LogP contribution in [0, 0.1) is 0 Å². The predicted molar refractivity (Wildman–Crippen MR) is 85.4 cm³/mol. The van der Waals surface area contributed by atoms with Crippen molar-refractivity contribution in [1.29, 1.82) is 0 Å². The van der Waals surface area contributed by atoms with E-state index < -0.39 is 11.9 Å². The number of nitrogens with two attached hydrogens (primary N) is 1. The van der Waals surface area contributed by atoms with E-state index in [4.69, 9.17) is 15.2 Å². The van der Waals surface area contributed by atoms with Gasteiger partial charge in [-0.25, -0.2) is 9.59 Å². The third-order valence-corrected chi connectivity index (χ3v) is 2.80. The Hall–Kier alpha value is -2.76. The Morgan fingerprint density at radius 1 is 1.00 bits per heavy atom. The van der Waals surface area contributed by atoms with Crippen molar-refractivity contribution in [3.05, 3.63) is 49.6 Å². The van der Waals surface area contributed by atoms with Crippen LogP contribution in [0.5, 0.6) is 0 Å². The molecule has 6 nitrogen and oxygen atoms in total. The van der Waals surface area contributed by atoms with Crippen molar-refractivity contribution in [3.63, 3.8) is 0 Å². The molecule has 0 bridgehead atoms. The molecule has 0 aromatic heterocycles. The van der Waals surface area contributed by atoms with Gasteiger partial charge in [-0.3, -0.25) is 0 Å². The molecule has 0 radical (unpaired) electrons. The monoisotopic (exact) mass is 304 g/mol. The summed E-state index contributed by atoms with van der Waals surface area (Å²) in [5.41, 5.74) is 7.20. The van der Waals surface area contributed by atoms with Crippen LogP contribution in [0.1, 0.15) is 0 Å². The maximum absolute atomic E-state index is 11.1. The van der Waals surface area contributed by atoms with Crippen molar-refractivity contribution in [2.45, 2.75) is 0 Å². The first kappa shape index (κ1) is 17.3. The molecule has 0 atom stereocenters. The number of hydrogen-bond donors (Lipinski definition) is 1. The molecule has 2 N–H and O–H groups in total. The molecule has 0 heterocycles. The van der Waals surface area contributed by atoms with Crippen molar-refractivity contribution >= 4 is 23.3 Å². The Morgan fingerprint density at radius 2 is 1.45 bits per heavy atom. The highest BCUT2D eigenvalue weighted by Crippen LogP contribution is 2.16. The number of anilines is 2. The lowest BCUT2D eigenvalue weighted by atomic mass is 10.2. The second kappa shape index (κ2) is 9.23. The normalized spacial score (nSPS) is 9.64. The minimum Gasteiger partial charge on any atom is -0.461 e. The molecule has 0 amide bonds. The Bertz CT molecular complexity index is 499. The van der Waals surface area contributed by atoms with Gasteiger partial charge in [0.15, 0.2) is 0 Å². The number of esters is 2. The minimum atomic E-state index is -0.477. The third kappa shape index (κ3) is 6.13. The molecule has 22 heavy (non-hydrogen) atoms. The van der Waals surface area contributed by atoms with Crippen LogP contribution in [0.15, 0.2) is 49.6 Å². The number of ether oxygens (including phenoxy) is 2. The molecule has 1 aromatic rings. The van der Waals surface area contributed by atoms with E-state index in [1.165, 1.54) is 0 Å². The summed E-state index contributed by atoms with van der Waals surface area (Å²) in [6, 6.07) is 7.24. The highest BCUT2D eigenvalue weighted by molar-refractivity contribution is 5.81. The first-order valence-corrected chi connectivity index (χ1v) is 6.75. The number of carbonyl (C=O) groups is 2. The van der Waals surface area contributed by atoms with E-state index in [9.17, 15) is 9.59 Å². The van der Waals surface area contributed by atoms with Crippen molar-refractivity contribution in [2.75, 3.05) is 36.9 Å². The van der Waals surface area contributed by atoms with E-state index in [1.807, 2.05) is 17.0 Å². The number of carbonyl (C=O) groups excluding carboxylic acids is 2. The standard InChI is InChI=1S/C16H20N2O4/c1-3-15(19)21-11-9-18(10-12-22-16(20)4-2)14-7-5-13(17)6-8-14/h3-8H,1-2,9-12,17H2. The van der Waals surface area contributed by atoms with Crippen LogP contribution in [0.2, 0.25) is 0 Å². The van der Waals surface area contributed by atoms with Gasteiger partial charge < -0.3 is 20.1 Å². The minimum absolute atomic E-state index is 0.199. The van der Waals surface area contributed by atoms with E-state index in [0.717, 1.165) is 17.8 Å². The van der Waals surface area contributed by atoms with Gasteiger partial charge in [-0.1, -0.05) is 13.2 Å². The molecule has 0 fully saturated rings. The summed E-state index contributed by atoms with van der Waals surface area (Å²) < 4.78 is 9.94. The van der Waals surface area contributed by atoms with Gasteiger partial charge >= 0.3 is 11.9 Å². The molecule has 0 aliphatic carbocycles. The fourth-order valence-electron chi connectivity index (χ4n) is 1.69. The first-order chi connectivity index (χ1) is 10.6. The van der Waals surface area contributed by atoms with Crippen LogP contribution in [-0.2, 0) is 19.1 Å². The number of nitrogen functional groups attached to an aromatic ring is 1. The molecular weight excluding hydrogens is 284 g/mol. The topological polar surface area (TPSA) is 81.9 Å². The molecular formula is C16H20N2O4. The van der Waals surface area contributed by atoms with Crippen LogP contribution in [0.25, 0.3) is 0 Å². The van der Waals surface area contributed by atoms with Crippen LogP contribution < -0.4 is 10.6 Å². The van der Waals surface area contributed by atoms with Crippen LogP contribution in [-0.4, -0.2) is 38.2 Å². The Morgan fingerprint density at radius 3 is 1.86 bits per heavy atom. The fraction of sp³-hybridized carbons (Fsp3) is 0.250. The summed E-state index contributed by atoms with van der Waals surface area (Å²) in [5, 5.41) is 0. The largest absolute Gasteiger partial charge is 0.461 e. The predicted octanol–water partition coefficient (Wildman–Crippen LogP) is 1.53. The zero-order valence-electron chi connectivity index (χ0n) is 12.4. The highest BCUT2D eigenvalue weighted by atomic mass is 16.5. The fourth-order valence-corrected chi connectivity index (χ4v) is 1.69. The van der Waals surface area contributed by atoms with Gasteiger partial charge in [0.1, 0.15) is 13.2 Å². The van der Waals surface area contributed by atoms with E-state index >= 15 is 0 Å². The van der Waals surface area contributed by atoms with Gasteiger partial charge in [-0.2, -0.15) is 0 Å². The van der Waals surface area contributed by atoms with E-state index in [2.05, 4.69) is 13.2 Å². The van der Waals surface area contributed by atoms with E-state index in [0.29, 0.717) is 18.8 Å². The Labute approximate surface area is 129 Å². The van der Waals surface area contributed by atoms with Crippen molar-refractivity contribution in [1.82, 2.24) is 0 Å². The van der Waals surface area contributed by atoms with Gasteiger partial charge in [0, 0.05) is 23.5 Å². The lowest BCUT2D eigenvalue weighted by Crippen LogP contribution is -2.32. The first-order valence-electron chi connectivity index (χ1n) is 6.75. The molecule has 0 spiro atoms. The molecule has 0 aliphatic rings. The molecule has 0 unspecified atom stereocenters. The van der Waals surface area contributed by atoms with Gasteiger partial charge in [-0.05, 0) is 24.3 Å². The molecule has 6 heteroatoms. The summed E-state index contributed by atoms with van der Waals surface area (Å²) in [4.78, 5) is 24.0. The summed E-state index contributed by atoms with van der Waals surface area (Å²) in [6.07, 6.45) is 2.22. The molecule has 1 aromatic carbocycles. The molecule has 1 rings (SSSR count). The zero-order chi connectivity index (χ0) is 16.4. The molecule has 0 saturated carbocycles. The SMILES string of the molecule is C=CC(=O)OCCN(CCOC(=O)C=C)c1ccc(N)cc1. The summed E-state index contributed by atoms with van der Waals surface area (Å²) in [5.74, 6) is -0.953. The lowest BCUT2D eigenvalue weighted by molar-refractivity contribution is -0.137. The second-order valence-corrected chi connectivity index (χ2v) is 4.32. The zero-order valence-corrected chi connectivity index (χ0v) is 12.4. The maximum atomic E-state index is 11.1. The maximum Gasteiger partial charge on any atom is 0.330 e. The van der Waals surface area contributed by atoms with Gasteiger partial charge in [0.25, 0.3) is 0 Å². The average Bonchev–Trinajstić information content (AvgIpc) is 2.53. The second-order valence-electron chi connectivity index (χ2n) is 4.32.